The molecule has 1 amide bonds. The van der Waals surface area contributed by atoms with Gasteiger partial charge in [-0.2, -0.15) is 4.98 Å². The number of carbonyl (C=O) groups is 1. The van der Waals surface area contributed by atoms with Gasteiger partial charge in [0.05, 0.1) is 28.9 Å². The van der Waals surface area contributed by atoms with Gasteiger partial charge in [0.1, 0.15) is 11.6 Å². The van der Waals surface area contributed by atoms with E-state index >= 15 is 0 Å². The Bertz CT molecular complexity index is 1280. The SMILES string of the molecule is Cc1cnc(Nc2ccc(F)cc2Cl)nc1-n1ccc(C(=O)NC(CO)c2ccccc2)c1. The maximum absolute atomic E-state index is 13.3. The van der Waals surface area contributed by atoms with Crippen LogP contribution in [0.3, 0.4) is 0 Å². The van der Waals surface area contributed by atoms with Gasteiger partial charge in [0.25, 0.3) is 5.91 Å². The van der Waals surface area contributed by atoms with E-state index in [1.807, 2.05) is 37.3 Å². The van der Waals surface area contributed by atoms with Crippen molar-refractivity contribution in [2.45, 2.75) is 13.0 Å². The van der Waals surface area contributed by atoms with Gasteiger partial charge >= 0.3 is 0 Å². The molecule has 4 rings (SSSR count). The predicted octanol–water partition coefficient (Wildman–Crippen LogP) is 4.58. The van der Waals surface area contributed by atoms with Crippen LogP contribution in [0.4, 0.5) is 16.0 Å². The number of hydrogen-bond acceptors (Lipinski definition) is 5. The van der Waals surface area contributed by atoms with Crippen molar-refractivity contribution >= 4 is 29.1 Å². The van der Waals surface area contributed by atoms with Gasteiger partial charge in [-0.15, -0.1) is 0 Å². The van der Waals surface area contributed by atoms with E-state index in [1.54, 1.807) is 29.2 Å². The van der Waals surface area contributed by atoms with Crippen LogP contribution in [0.2, 0.25) is 5.02 Å². The molecule has 0 saturated carbocycles. The first-order valence-corrected chi connectivity index (χ1v) is 10.5. The average Bonchev–Trinajstić information content (AvgIpc) is 3.31. The zero-order valence-corrected chi connectivity index (χ0v) is 18.4. The average molecular weight is 466 g/mol. The number of nitrogens with zero attached hydrogens (tertiary/aromatic N) is 3. The standard InChI is InChI=1S/C24H21ClFN5O2/c1-15-12-27-24(29-20-8-7-18(26)11-19(20)25)30-22(15)31-10-9-17(13-31)23(33)28-21(14-32)16-5-3-2-4-6-16/h2-13,21,32H,14H2,1H3,(H,28,33)(H,27,29,30). The second-order valence-corrected chi connectivity index (χ2v) is 7.78. The second-order valence-electron chi connectivity index (χ2n) is 7.38. The van der Waals surface area contributed by atoms with Gasteiger partial charge in [0, 0.05) is 24.2 Å². The molecule has 0 radical (unpaired) electrons. The lowest BCUT2D eigenvalue weighted by molar-refractivity contribution is 0.0916. The molecule has 0 bridgehead atoms. The molecule has 0 aliphatic heterocycles. The number of hydrogen-bond donors (Lipinski definition) is 3. The normalized spacial score (nSPS) is 11.8. The van der Waals surface area contributed by atoms with Gasteiger partial charge in [0.15, 0.2) is 0 Å². The Morgan fingerprint density at radius 3 is 2.73 bits per heavy atom. The van der Waals surface area contributed by atoms with E-state index in [2.05, 4.69) is 20.6 Å². The number of carbonyl (C=O) groups excluding carboxylic acids is 1. The Morgan fingerprint density at radius 2 is 2.00 bits per heavy atom. The first-order chi connectivity index (χ1) is 15.9. The molecule has 2 aromatic heterocycles. The van der Waals surface area contributed by atoms with Gasteiger partial charge < -0.3 is 20.3 Å². The molecule has 2 heterocycles. The Morgan fingerprint density at radius 1 is 1.21 bits per heavy atom. The van der Waals surface area contributed by atoms with Crippen molar-refractivity contribution in [3.05, 3.63) is 101 Å². The van der Waals surface area contributed by atoms with Crippen molar-refractivity contribution in [2.24, 2.45) is 0 Å². The van der Waals surface area contributed by atoms with Crippen LogP contribution >= 0.6 is 11.6 Å². The third kappa shape index (κ3) is 5.19. The Labute approximate surface area is 194 Å². The fraction of sp³-hybridized carbons (Fsp3) is 0.125. The number of aliphatic hydroxyl groups is 1. The number of nitrogens with one attached hydrogen (secondary N) is 2. The molecule has 7 nitrogen and oxygen atoms in total. The molecular weight excluding hydrogens is 445 g/mol. The number of aryl methyl sites for hydroxylation is 1. The molecule has 168 valence electrons. The van der Waals surface area contributed by atoms with E-state index in [9.17, 15) is 14.3 Å². The lowest BCUT2D eigenvalue weighted by Gasteiger charge is -2.16. The summed E-state index contributed by atoms with van der Waals surface area (Å²) in [5.74, 6) is 0.0736. The van der Waals surface area contributed by atoms with Crippen LogP contribution in [0.1, 0.15) is 27.5 Å². The highest BCUT2D eigenvalue weighted by Gasteiger charge is 2.17. The van der Waals surface area contributed by atoms with Crippen LogP contribution in [0.5, 0.6) is 0 Å². The molecule has 9 heteroatoms. The van der Waals surface area contributed by atoms with E-state index in [1.165, 1.54) is 18.2 Å². The summed E-state index contributed by atoms with van der Waals surface area (Å²) in [6.45, 7) is 1.63. The van der Waals surface area contributed by atoms with E-state index in [4.69, 9.17) is 11.6 Å². The highest BCUT2D eigenvalue weighted by Crippen LogP contribution is 2.25. The van der Waals surface area contributed by atoms with Crippen LogP contribution in [0, 0.1) is 12.7 Å². The first kappa shape index (κ1) is 22.4. The molecule has 0 fully saturated rings. The van der Waals surface area contributed by atoms with Crippen LogP contribution in [-0.4, -0.2) is 32.2 Å². The van der Waals surface area contributed by atoms with Crippen molar-refractivity contribution < 1.29 is 14.3 Å². The van der Waals surface area contributed by atoms with E-state index in [0.717, 1.165) is 11.1 Å². The maximum atomic E-state index is 13.3. The quantitative estimate of drug-likeness (QED) is 0.371. The second kappa shape index (κ2) is 9.81. The van der Waals surface area contributed by atoms with Gasteiger partial charge in [-0.3, -0.25) is 4.79 Å². The highest BCUT2D eigenvalue weighted by molar-refractivity contribution is 6.33. The number of rotatable bonds is 7. The maximum Gasteiger partial charge on any atom is 0.253 e. The summed E-state index contributed by atoms with van der Waals surface area (Å²) in [5, 5.41) is 15.7. The fourth-order valence-corrected chi connectivity index (χ4v) is 3.50. The smallest absolute Gasteiger partial charge is 0.253 e. The summed E-state index contributed by atoms with van der Waals surface area (Å²) in [6.07, 6.45) is 5.01. The third-order valence-electron chi connectivity index (χ3n) is 5.01. The topological polar surface area (TPSA) is 92.1 Å². The van der Waals surface area contributed by atoms with Crippen molar-refractivity contribution in [3.8, 4) is 5.82 Å². The van der Waals surface area contributed by atoms with E-state index in [-0.39, 0.29) is 23.5 Å². The summed E-state index contributed by atoms with van der Waals surface area (Å²) in [5.41, 5.74) is 2.48. The van der Waals surface area contributed by atoms with Gasteiger partial charge in [-0.05, 0) is 36.8 Å². The number of benzene rings is 2. The first-order valence-electron chi connectivity index (χ1n) is 10.2. The molecule has 0 saturated heterocycles. The van der Waals surface area contributed by atoms with Crippen LogP contribution in [0.25, 0.3) is 5.82 Å². The number of aromatic nitrogens is 3. The molecule has 3 N–H and O–H groups in total. The lowest BCUT2D eigenvalue weighted by Crippen LogP contribution is -2.30. The van der Waals surface area contributed by atoms with Crippen molar-refractivity contribution in [1.29, 1.82) is 0 Å². The van der Waals surface area contributed by atoms with Gasteiger partial charge in [0.2, 0.25) is 5.95 Å². The van der Waals surface area contributed by atoms with Gasteiger partial charge in [-0.25, -0.2) is 9.37 Å². The number of halogens is 2. The largest absolute Gasteiger partial charge is 0.394 e. The molecule has 4 aromatic rings. The van der Waals surface area contributed by atoms with Crippen LogP contribution < -0.4 is 10.6 Å². The molecule has 0 aliphatic carbocycles. The summed E-state index contributed by atoms with van der Waals surface area (Å²) in [7, 11) is 0. The molecule has 33 heavy (non-hydrogen) atoms. The minimum absolute atomic E-state index is 0.206. The zero-order chi connectivity index (χ0) is 23.4. The van der Waals surface area contributed by atoms with Gasteiger partial charge in [-0.1, -0.05) is 41.9 Å². The molecule has 0 aliphatic rings. The van der Waals surface area contributed by atoms with E-state index in [0.29, 0.717) is 17.1 Å². The molecular formula is C24H21ClFN5O2. The van der Waals surface area contributed by atoms with E-state index < -0.39 is 11.9 Å². The van der Waals surface area contributed by atoms with Crippen molar-refractivity contribution in [3.63, 3.8) is 0 Å². The number of aliphatic hydroxyl groups excluding tert-OH is 1. The highest BCUT2D eigenvalue weighted by atomic mass is 35.5. The molecule has 1 unspecified atom stereocenters. The zero-order valence-electron chi connectivity index (χ0n) is 17.7. The third-order valence-corrected chi connectivity index (χ3v) is 5.32. The lowest BCUT2D eigenvalue weighted by atomic mass is 10.1. The fourth-order valence-electron chi connectivity index (χ4n) is 3.29. The summed E-state index contributed by atoms with van der Waals surface area (Å²) in [6, 6.07) is 14.4. The van der Waals surface area contributed by atoms with Crippen LogP contribution in [-0.2, 0) is 0 Å². The minimum atomic E-state index is -0.515. The Hall–Kier alpha value is -3.75. The van der Waals surface area contributed by atoms with Crippen molar-refractivity contribution in [1.82, 2.24) is 19.9 Å². The summed E-state index contributed by atoms with van der Waals surface area (Å²) in [4.78, 5) is 21.5. The monoisotopic (exact) mass is 465 g/mol. The number of amides is 1. The molecule has 1 atom stereocenters. The predicted molar refractivity (Wildman–Crippen MR) is 125 cm³/mol. The molecule has 0 spiro atoms. The summed E-state index contributed by atoms with van der Waals surface area (Å²) >= 11 is 6.08. The summed E-state index contributed by atoms with van der Waals surface area (Å²) < 4.78 is 15.0. The Kier molecular flexibility index (Phi) is 6.67. The van der Waals surface area contributed by atoms with Crippen molar-refractivity contribution in [2.75, 3.05) is 11.9 Å². The number of anilines is 2. The molecule has 2 aromatic carbocycles. The van der Waals surface area contributed by atoms with Crippen LogP contribution in [0.15, 0.2) is 73.2 Å². The Balaban J connectivity index is 1.54. The minimum Gasteiger partial charge on any atom is -0.394 e.